The molecule has 6 heteroatoms. The average Bonchev–Trinajstić information content (AvgIpc) is 2.70. The van der Waals surface area contributed by atoms with Gasteiger partial charge in [-0.3, -0.25) is 0 Å². The maximum atomic E-state index is 12.6. The summed E-state index contributed by atoms with van der Waals surface area (Å²) in [7, 11) is -3.47. The summed E-state index contributed by atoms with van der Waals surface area (Å²) in [5, 5.41) is 3.41. The van der Waals surface area contributed by atoms with E-state index in [1.54, 1.807) is 0 Å². The Labute approximate surface area is 91.6 Å². The van der Waals surface area contributed by atoms with E-state index in [-0.39, 0.29) is 10.6 Å². The molecule has 0 aliphatic rings. The lowest BCUT2D eigenvalue weighted by Gasteiger charge is -2.01. The van der Waals surface area contributed by atoms with E-state index < -0.39 is 15.7 Å². The summed E-state index contributed by atoms with van der Waals surface area (Å²) in [5.41, 5.74) is 0.462. The van der Waals surface area contributed by atoms with Crippen molar-refractivity contribution in [2.45, 2.75) is 10.6 Å². The summed E-state index contributed by atoms with van der Waals surface area (Å²) >= 11 is 0. The number of hydrogen-bond acceptors (Lipinski definition) is 4. The minimum Gasteiger partial charge on any atom is -0.364 e. The predicted octanol–water partition coefficient (Wildman–Crippen LogP) is 1.79. The Balaban J connectivity index is 2.29. The first-order chi connectivity index (χ1) is 7.58. The van der Waals surface area contributed by atoms with E-state index in [0.29, 0.717) is 5.56 Å². The number of hydrogen-bond donors (Lipinski definition) is 0. The molecule has 16 heavy (non-hydrogen) atoms. The van der Waals surface area contributed by atoms with Gasteiger partial charge in [-0.1, -0.05) is 5.16 Å². The first-order valence-corrected chi connectivity index (χ1v) is 6.10. The molecule has 0 N–H and O–H groups in total. The third kappa shape index (κ3) is 2.27. The van der Waals surface area contributed by atoms with Gasteiger partial charge >= 0.3 is 0 Å². The highest BCUT2D eigenvalue weighted by Gasteiger charge is 2.16. The first kappa shape index (κ1) is 10.8. The molecule has 1 aromatic heterocycles. The molecule has 0 saturated carbocycles. The minimum atomic E-state index is -3.47. The molecule has 2 rings (SSSR count). The van der Waals surface area contributed by atoms with E-state index in [1.165, 1.54) is 24.6 Å². The predicted molar refractivity (Wildman–Crippen MR) is 53.8 cm³/mol. The highest BCUT2D eigenvalue weighted by atomic mass is 32.2. The lowest BCUT2D eigenvalue weighted by atomic mass is 10.4. The zero-order chi connectivity index (χ0) is 11.6. The van der Waals surface area contributed by atoms with E-state index in [9.17, 15) is 12.8 Å². The van der Waals surface area contributed by atoms with Crippen LogP contribution in [-0.2, 0) is 15.6 Å². The molecule has 4 nitrogen and oxygen atoms in total. The summed E-state index contributed by atoms with van der Waals surface area (Å²) in [5.74, 6) is -0.675. The molecule has 1 heterocycles. The highest BCUT2D eigenvalue weighted by Crippen LogP contribution is 2.16. The SMILES string of the molecule is O=S(=O)(Cc1cnoc1)c1ccc(F)cc1. The van der Waals surface area contributed by atoms with E-state index in [1.807, 2.05) is 0 Å². The van der Waals surface area contributed by atoms with Crippen molar-refractivity contribution in [2.75, 3.05) is 0 Å². The van der Waals surface area contributed by atoms with Gasteiger partial charge in [-0.15, -0.1) is 0 Å². The van der Waals surface area contributed by atoms with Gasteiger partial charge in [0.05, 0.1) is 16.8 Å². The van der Waals surface area contributed by atoms with E-state index in [0.717, 1.165) is 12.1 Å². The monoisotopic (exact) mass is 241 g/mol. The quantitative estimate of drug-likeness (QED) is 0.768. The maximum absolute atomic E-state index is 12.6. The Morgan fingerprint density at radius 2 is 1.94 bits per heavy atom. The fourth-order valence-electron chi connectivity index (χ4n) is 1.24. The lowest BCUT2D eigenvalue weighted by Crippen LogP contribution is -2.04. The van der Waals surface area contributed by atoms with Gasteiger partial charge in [-0.2, -0.15) is 0 Å². The molecule has 0 atom stereocenters. The van der Waals surface area contributed by atoms with Crippen LogP contribution in [0.5, 0.6) is 0 Å². The third-order valence-corrected chi connectivity index (χ3v) is 3.72. The van der Waals surface area contributed by atoms with Gasteiger partial charge in [0.15, 0.2) is 9.84 Å². The largest absolute Gasteiger partial charge is 0.364 e. The highest BCUT2D eigenvalue weighted by molar-refractivity contribution is 7.90. The van der Waals surface area contributed by atoms with Crippen molar-refractivity contribution >= 4 is 9.84 Å². The Kier molecular flexibility index (Phi) is 2.74. The third-order valence-electron chi connectivity index (χ3n) is 2.01. The number of rotatable bonds is 3. The second kappa shape index (κ2) is 4.05. The average molecular weight is 241 g/mol. The Bertz CT molecular complexity index is 561. The molecule has 0 bridgehead atoms. The van der Waals surface area contributed by atoms with E-state index >= 15 is 0 Å². The van der Waals surface area contributed by atoms with Gasteiger partial charge < -0.3 is 4.52 Å². The van der Waals surface area contributed by atoms with Crippen LogP contribution in [0.3, 0.4) is 0 Å². The lowest BCUT2D eigenvalue weighted by molar-refractivity contribution is 0.419. The van der Waals surface area contributed by atoms with Gasteiger partial charge in [-0.05, 0) is 24.3 Å². The van der Waals surface area contributed by atoms with E-state index in [4.69, 9.17) is 0 Å². The normalized spacial score (nSPS) is 11.6. The van der Waals surface area contributed by atoms with Crippen molar-refractivity contribution < 1.29 is 17.3 Å². The molecule has 0 saturated heterocycles. The summed E-state index contributed by atoms with van der Waals surface area (Å²) in [6.07, 6.45) is 2.60. The first-order valence-electron chi connectivity index (χ1n) is 4.44. The van der Waals surface area contributed by atoms with Crippen LogP contribution in [0.25, 0.3) is 0 Å². The summed E-state index contributed by atoms with van der Waals surface area (Å²) in [6.45, 7) is 0. The summed E-state index contributed by atoms with van der Waals surface area (Å²) < 4.78 is 40.8. The van der Waals surface area contributed by atoms with Crippen molar-refractivity contribution in [3.63, 3.8) is 0 Å². The molecule has 84 valence electrons. The molecule has 1 aromatic carbocycles. The van der Waals surface area contributed by atoms with E-state index in [2.05, 4.69) is 9.68 Å². The summed E-state index contributed by atoms with van der Waals surface area (Å²) in [4.78, 5) is 0.0788. The molecule has 2 aromatic rings. The van der Waals surface area contributed by atoms with Gasteiger partial charge in [0.2, 0.25) is 0 Å². The van der Waals surface area contributed by atoms with Crippen molar-refractivity contribution in [1.82, 2.24) is 5.16 Å². The Hall–Kier alpha value is -1.69. The number of nitrogens with zero attached hydrogens (tertiary/aromatic N) is 1. The second-order valence-corrected chi connectivity index (χ2v) is 5.24. The molecule has 0 radical (unpaired) electrons. The van der Waals surface area contributed by atoms with Gasteiger partial charge in [0.25, 0.3) is 0 Å². The zero-order valence-electron chi connectivity index (χ0n) is 8.13. The molecule has 0 aliphatic carbocycles. The van der Waals surface area contributed by atoms with Crippen LogP contribution in [-0.4, -0.2) is 13.6 Å². The van der Waals surface area contributed by atoms with Crippen molar-refractivity contribution in [3.8, 4) is 0 Å². The topological polar surface area (TPSA) is 60.2 Å². The number of halogens is 1. The smallest absolute Gasteiger partial charge is 0.182 e. The molecular weight excluding hydrogens is 233 g/mol. The Morgan fingerprint density at radius 1 is 1.25 bits per heavy atom. The Morgan fingerprint density at radius 3 is 2.50 bits per heavy atom. The fraction of sp³-hybridized carbons (Fsp3) is 0.100. The molecule has 0 fully saturated rings. The standard InChI is InChI=1S/C10H8FNO3S/c11-9-1-3-10(4-2-9)16(13,14)7-8-5-12-15-6-8/h1-6H,7H2. The van der Waals surface area contributed by atoms with Crippen LogP contribution in [0.2, 0.25) is 0 Å². The maximum Gasteiger partial charge on any atom is 0.182 e. The number of sulfone groups is 1. The van der Waals surface area contributed by atoms with Gasteiger partial charge in [-0.25, -0.2) is 12.8 Å². The van der Waals surface area contributed by atoms with Crippen LogP contribution in [0, 0.1) is 5.82 Å². The minimum absolute atomic E-state index is 0.0788. The molecule has 0 aliphatic heterocycles. The van der Waals surface area contributed by atoms with Crippen LogP contribution in [0.1, 0.15) is 5.56 Å². The van der Waals surface area contributed by atoms with Crippen LogP contribution < -0.4 is 0 Å². The molecule has 0 spiro atoms. The fourth-order valence-corrected chi connectivity index (χ4v) is 2.54. The van der Waals surface area contributed by atoms with Gasteiger partial charge in [0, 0.05) is 5.56 Å². The van der Waals surface area contributed by atoms with Crippen molar-refractivity contribution in [1.29, 1.82) is 0 Å². The zero-order valence-corrected chi connectivity index (χ0v) is 8.95. The van der Waals surface area contributed by atoms with Crippen LogP contribution in [0.4, 0.5) is 4.39 Å². The second-order valence-electron chi connectivity index (χ2n) is 3.25. The number of benzene rings is 1. The molecule has 0 amide bonds. The molecular formula is C10H8FNO3S. The van der Waals surface area contributed by atoms with Crippen molar-refractivity contribution in [3.05, 3.63) is 48.1 Å². The summed E-state index contributed by atoms with van der Waals surface area (Å²) in [6, 6.07) is 4.69. The molecule has 0 unspecified atom stereocenters. The van der Waals surface area contributed by atoms with Crippen LogP contribution >= 0.6 is 0 Å². The van der Waals surface area contributed by atoms with Crippen LogP contribution in [0.15, 0.2) is 46.1 Å². The van der Waals surface area contributed by atoms with Gasteiger partial charge in [0.1, 0.15) is 12.1 Å². The number of aromatic nitrogens is 1. The van der Waals surface area contributed by atoms with Crippen molar-refractivity contribution in [2.24, 2.45) is 0 Å².